The molecule has 0 fully saturated rings. The molecule has 0 aliphatic carbocycles. The molecule has 0 bridgehead atoms. The molecule has 1 rings (SSSR count). The van der Waals surface area contributed by atoms with Gasteiger partial charge in [-0.3, -0.25) is 4.79 Å². The summed E-state index contributed by atoms with van der Waals surface area (Å²) in [5.41, 5.74) is 0.459. The number of primary sulfonamides is 1. The summed E-state index contributed by atoms with van der Waals surface area (Å²) in [7, 11) is -3.78. The van der Waals surface area contributed by atoms with Crippen molar-refractivity contribution >= 4 is 56.4 Å². The standard InChI is InChI=1S/C12H16Cl3N3O3S/c1-2-3-10(19)18-11(12(13,14)15)17-8-4-6-9(7-5-8)22(16,20)21/h4-7,11,17H,2-3H2,1H3,(H,18,19)(H2,16,20,21)/t11-/m1/s1. The minimum atomic E-state index is -3.78. The number of amides is 1. The number of carbonyl (C=O) groups excluding carboxylic acids is 1. The molecular weight excluding hydrogens is 373 g/mol. The molecule has 6 nitrogen and oxygen atoms in total. The van der Waals surface area contributed by atoms with Gasteiger partial charge in [0.2, 0.25) is 19.7 Å². The molecule has 4 N–H and O–H groups in total. The summed E-state index contributed by atoms with van der Waals surface area (Å²) >= 11 is 17.5. The fourth-order valence-corrected chi connectivity index (χ4v) is 2.41. The monoisotopic (exact) mass is 387 g/mol. The van der Waals surface area contributed by atoms with E-state index in [9.17, 15) is 13.2 Å². The normalized spacial score (nSPS) is 13.5. The Bertz CT molecular complexity index is 615. The van der Waals surface area contributed by atoms with E-state index in [1.54, 1.807) is 0 Å². The third-order valence-corrected chi connectivity index (χ3v) is 4.19. The van der Waals surface area contributed by atoms with E-state index in [0.29, 0.717) is 18.5 Å². The molecule has 1 amide bonds. The number of halogens is 3. The molecule has 0 radical (unpaired) electrons. The van der Waals surface area contributed by atoms with Crippen LogP contribution in [0.5, 0.6) is 0 Å². The van der Waals surface area contributed by atoms with Crippen LogP contribution in [0.15, 0.2) is 29.2 Å². The summed E-state index contributed by atoms with van der Waals surface area (Å²) in [6, 6.07) is 5.52. The Kier molecular flexibility index (Phi) is 6.76. The van der Waals surface area contributed by atoms with Crippen molar-refractivity contribution in [2.45, 2.75) is 34.6 Å². The molecule has 1 aromatic rings. The number of alkyl halides is 3. The lowest BCUT2D eigenvalue weighted by molar-refractivity contribution is -0.121. The van der Waals surface area contributed by atoms with Crippen LogP contribution >= 0.6 is 34.8 Å². The summed E-state index contributed by atoms with van der Waals surface area (Å²) in [6.07, 6.45) is -0.0260. The molecule has 0 aromatic heterocycles. The summed E-state index contributed by atoms with van der Waals surface area (Å²) in [4.78, 5) is 11.6. The zero-order chi connectivity index (χ0) is 17.0. The maximum Gasteiger partial charge on any atom is 0.238 e. The molecule has 10 heteroatoms. The van der Waals surface area contributed by atoms with E-state index in [0.717, 1.165) is 0 Å². The van der Waals surface area contributed by atoms with Gasteiger partial charge in [-0.15, -0.1) is 0 Å². The number of hydrogen-bond donors (Lipinski definition) is 3. The highest BCUT2D eigenvalue weighted by Crippen LogP contribution is 2.31. The second-order valence-electron chi connectivity index (χ2n) is 4.51. The molecule has 0 saturated heterocycles. The van der Waals surface area contributed by atoms with Gasteiger partial charge < -0.3 is 10.6 Å². The number of nitrogens with one attached hydrogen (secondary N) is 2. The first-order valence-electron chi connectivity index (χ1n) is 6.29. The molecular formula is C12H16Cl3N3O3S. The van der Waals surface area contributed by atoms with E-state index in [2.05, 4.69) is 10.6 Å². The van der Waals surface area contributed by atoms with Crippen molar-refractivity contribution < 1.29 is 13.2 Å². The van der Waals surface area contributed by atoms with Crippen molar-refractivity contribution in [2.24, 2.45) is 5.14 Å². The quantitative estimate of drug-likeness (QED) is 0.514. The van der Waals surface area contributed by atoms with Crippen molar-refractivity contribution in [1.29, 1.82) is 0 Å². The van der Waals surface area contributed by atoms with Crippen molar-refractivity contribution in [3.63, 3.8) is 0 Å². The lowest BCUT2D eigenvalue weighted by Crippen LogP contribution is -2.49. The van der Waals surface area contributed by atoms with Gasteiger partial charge in [-0.2, -0.15) is 0 Å². The molecule has 22 heavy (non-hydrogen) atoms. The second kappa shape index (κ2) is 7.70. The van der Waals surface area contributed by atoms with Crippen LogP contribution in [0, 0.1) is 0 Å². The van der Waals surface area contributed by atoms with Gasteiger partial charge in [0.15, 0.2) is 0 Å². The Labute approximate surface area is 144 Å². The average molecular weight is 389 g/mol. The molecule has 0 heterocycles. The number of sulfonamides is 1. The Morgan fingerprint density at radius 2 is 1.82 bits per heavy atom. The molecule has 0 saturated carbocycles. The Hall–Kier alpha value is -0.730. The highest BCUT2D eigenvalue weighted by atomic mass is 35.6. The number of hydrogen-bond acceptors (Lipinski definition) is 4. The van der Waals surface area contributed by atoms with Crippen LogP contribution in [-0.2, 0) is 14.8 Å². The third-order valence-electron chi connectivity index (χ3n) is 2.60. The number of carbonyl (C=O) groups is 1. The number of benzene rings is 1. The summed E-state index contributed by atoms with van der Waals surface area (Å²) < 4.78 is 20.6. The van der Waals surface area contributed by atoms with E-state index >= 15 is 0 Å². The van der Waals surface area contributed by atoms with Gasteiger partial charge in [0.25, 0.3) is 0 Å². The van der Waals surface area contributed by atoms with Crippen LogP contribution in [0.4, 0.5) is 5.69 Å². The minimum absolute atomic E-state index is 0.0431. The van der Waals surface area contributed by atoms with Crippen LogP contribution in [0.25, 0.3) is 0 Å². The average Bonchev–Trinajstić information content (AvgIpc) is 2.36. The number of rotatable bonds is 6. The number of nitrogens with two attached hydrogens (primary N) is 1. The fraction of sp³-hybridized carbons (Fsp3) is 0.417. The van der Waals surface area contributed by atoms with E-state index in [1.165, 1.54) is 24.3 Å². The first-order chi connectivity index (χ1) is 10.0. The fourth-order valence-electron chi connectivity index (χ4n) is 1.57. The van der Waals surface area contributed by atoms with E-state index in [4.69, 9.17) is 39.9 Å². The van der Waals surface area contributed by atoms with Crippen molar-refractivity contribution in [2.75, 3.05) is 5.32 Å². The highest BCUT2D eigenvalue weighted by molar-refractivity contribution is 7.89. The topological polar surface area (TPSA) is 101 Å². The largest absolute Gasteiger partial charge is 0.362 e. The Morgan fingerprint density at radius 1 is 1.27 bits per heavy atom. The van der Waals surface area contributed by atoms with E-state index in [-0.39, 0.29) is 10.8 Å². The molecule has 1 atom stereocenters. The van der Waals surface area contributed by atoms with Crippen molar-refractivity contribution in [3.8, 4) is 0 Å². The van der Waals surface area contributed by atoms with Gasteiger partial charge in [-0.1, -0.05) is 41.7 Å². The van der Waals surface area contributed by atoms with Crippen molar-refractivity contribution in [3.05, 3.63) is 24.3 Å². The first kappa shape index (κ1) is 19.3. The smallest absolute Gasteiger partial charge is 0.238 e. The molecule has 0 aliphatic heterocycles. The summed E-state index contributed by atoms with van der Waals surface area (Å²) in [5.74, 6) is -0.271. The van der Waals surface area contributed by atoms with Gasteiger partial charge in [-0.25, -0.2) is 13.6 Å². The molecule has 1 aromatic carbocycles. The number of anilines is 1. The lowest BCUT2D eigenvalue weighted by atomic mass is 10.3. The van der Waals surface area contributed by atoms with Crippen molar-refractivity contribution in [1.82, 2.24) is 5.32 Å². The molecule has 124 valence electrons. The maximum absolute atomic E-state index is 11.7. The predicted molar refractivity (Wildman–Crippen MR) is 88.6 cm³/mol. The Morgan fingerprint density at radius 3 is 2.23 bits per heavy atom. The van der Waals surface area contributed by atoms with Crippen LogP contribution in [-0.4, -0.2) is 24.3 Å². The summed E-state index contributed by atoms with van der Waals surface area (Å²) in [5, 5.41) is 10.4. The molecule has 0 spiro atoms. The lowest BCUT2D eigenvalue weighted by Gasteiger charge is -2.27. The molecule has 0 aliphatic rings. The zero-order valence-corrected chi connectivity index (χ0v) is 14.7. The van der Waals surface area contributed by atoms with E-state index in [1.807, 2.05) is 6.92 Å². The van der Waals surface area contributed by atoms with Gasteiger partial charge >= 0.3 is 0 Å². The van der Waals surface area contributed by atoms with E-state index < -0.39 is 20.0 Å². The third kappa shape index (κ3) is 6.18. The van der Waals surface area contributed by atoms with Crippen LogP contribution < -0.4 is 15.8 Å². The van der Waals surface area contributed by atoms with Gasteiger partial charge in [0, 0.05) is 12.1 Å². The van der Waals surface area contributed by atoms with Crippen LogP contribution in [0.1, 0.15) is 19.8 Å². The van der Waals surface area contributed by atoms with Crippen LogP contribution in [0.3, 0.4) is 0 Å². The highest BCUT2D eigenvalue weighted by Gasteiger charge is 2.33. The molecule has 0 unspecified atom stereocenters. The summed E-state index contributed by atoms with van der Waals surface area (Å²) in [6.45, 7) is 1.85. The first-order valence-corrected chi connectivity index (χ1v) is 8.97. The second-order valence-corrected chi connectivity index (χ2v) is 8.44. The SMILES string of the molecule is CCCC(=O)N[C@@H](Nc1ccc(S(N)(=O)=O)cc1)C(Cl)(Cl)Cl. The van der Waals surface area contributed by atoms with Gasteiger partial charge in [0.1, 0.15) is 6.17 Å². The zero-order valence-electron chi connectivity index (χ0n) is 11.6. The van der Waals surface area contributed by atoms with Gasteiger partial charge in [-0.05, 0) is 30.7 Å². The Balaban J connectivity index is 2.88. The van der Waals surface area contributed by atoms with Crippen LogP contribution in [0.2, 0.25) is 0 Å². The predicted octanol–water partition coefficient (Wildman–Crippen LogP) is 2.36. The minimum Gasteiger partial charge on any atom is -0.362 e. The van der Waals surface area contributed by atoms with Gasteiger partial charge in [0.05, 0.1) is 4.90 Å². The maximum atomic E-state index is 11.7.